The number of thioether (sulfide) groups is 1. The van der Waals surface area contributed by atoms with Crippen molar-refractivity contribution in [3.05, 3.63) is 10.7 Å². The van der Waals surface area contributed by atoms with E-state index in [9.17, 15) is 9.36 Å². The van der Waals surface area contributed by atoms with Crippen LogP contribution in [0.25, 0.3) is 0 Å². The van der Waals surface area contributed by atoms with Gasteiger partial charge in [-0.1, -0.05) is 0 Å². The fourth-order valence-corrected chi connectivity index (χ4v) is 2.30. The summed E-state index contributed by atoms with van der Waals surface area (Å²) in [5, 5.41) is 0. The zero-order valence-corrected chi connectivity index (χ0v) is 11.1. The first-order valence-corrected chi connectivity index (χ1v) is 6.75. The molecule has 88 valence electrons. The maximum Gasteiger partial charge on any atom is 0.529 e. The van der Waals surface area contributed by atoms with E-state index in [4.69, 9.17) is 4.52 Å². The van der Waals surface area contributed by atoms with Crippen LogP contribution in [0.4, 0.5) is 0 Å². The second kappa shape index (κ2) is 6.33. The highest BCUT2D eigenvalue weighted by molar-refractivity contribution is 8.03. The summed E-state index contributed by atoms with van der Waals surface area (Å²) in [6, 6.07) is 0. The Morgan fingerprint density at radius 2 is 1.67 bits per heavy atom. The van der Waals surface area contributed by atoms with E-state index in [2.05, 4.69) is 9.05 Å². The maximum absolute atomic E-state index is 11.6. The largest absolute Gasteiger partial charge is 0.529 e. The number of phosphoric ester groups is 1. The molecule has 7 heteroatoms. The average molecular weight is 254 g/mol. The van der Waals surface area contributed by atoms with Gasteiger partial charge >= 0.3 is 7.82 Å². The van der Waals surface area contributed by atoms with Gasteiger partial charge < -0.3 is 4.52 Å². The van der Waals surface area contributed by atoms with Crippen molar-refractivity contribution in [2.75, 3.05) is 20.5 Å². The molecule has 0 aromatic carbocycles. The topological polar surface area (TPSA) is 61.8 Å². The number of carbonyl (C=O) groups excluding carboxylic acids is 1. The molecule has 0 rings (SSSR count). The fraction of sp³-hybridized carbons (Fsp3) is 0.625. The quantitative estimate of drug-likeness (QED) is 0.412. The van der Waals surface area contributed by atoms with Gasteiger partial charge in [0.25, 0.3) is 0 Å². The van der Waals surface area contributed by atoms with Crippen LogP contribution in [0.2, 0.25) is 0 Å². The Hall–Kier alpha value is -0.290. The summed E-state index contributed by atoms with van der Waals surface area (Å²) in [5.41, 5.74) is 0. The van der Waals surface area contributed by atoms with E-state index in [0.29, 0.717) is 4.91 Å². The van der Waals surface area contributed by atoms with E-state index >= 15 is 0 Å². The van der Waals surface area contributed by atoms with Gasteiger partial charge in [0.2, 0.25) is 0 Å². The van der Waals surface area contributed by atoms with E-state index in [1.165, 1.54) is 39.8 Å². The number of Topliss-reactive ketones (excluding diaryl/α,β-unsaturated/α-hetero) is 1. The summed E-state index contributed by atoms with van der Waals surface area (Å²) in [6.07, 6.45) is 1.73. The molecule has 0 aliphatic heterocycles. The molecule has 0 unspecified atom stereocenters. The third kappa shape index (κ3) is 4.38. The highest BCUT2D eigenvalue weighted by Gasteiger charge is 2.26. The predicted molar refractivity (Wildman–Crippen MR) is 59.6 cm³/mol. The minimum atomic E-state index is -3.57. The molecule has 0 N–H and O–H groups in total. The van der Waals surface area contributed by atoms with Crippen molar-refractivity contribution in [2.45, 2.75) is 13.8 Å². The van der Waals surface area contributed by atoms with Crippen molar-refractivity contribution in [3.63, 3.8) is 0 Å². The Morgan fingerprint density at radius 1 is 1.20 bits per heavy atom. The number of rotatable bonds is 6. The second-order valence-corrected chi connectivity index (χ2v) is 5.17. The summed E-state index contributed by atoms with van der Waals surface area (Å²) in [7, 11) is -1.14. The molecule has 0 aliphatic carbocycles. The molecule has 0 aromatic rings. The van der Waals surface area contributed by atoms with E-state index < -0.39 is 7.82 Å². The van der Waals surface area contributed by atoms with Crippen LogP contribution in [0.15, 0.2) is 10.7 Å². The monoisotopic (exact) mass is 254 g/mol. The molecule has 0 atom stereocenters. The molecular weight excluding hydrogens is 239 g/mol. The van der Waals surface area contributed by atoms with Crippen LogP contribution in [-0.4, -0.2) is 26.3 Å². The first-order valence-electron chi connectivity index (χ1n) is 4.07. The van der Waals surface area contributed by atoms with Gasteiger partial charge in [0, 0.05) is 14.2 Å². The smallest absolute Gasteiger partial charge is 0.408 e. The lowest BCUT2D eigenvalue weighted by atomic mass is 10.4. The highest BCUT2D eigenvalue weighted by atomic mass is 32.2. The normalized spacial score (nSPS) is 13.4. The number of hydrogen-bond donors (Lipinski definition) is 0. The summed E-state index contributed by atoms with van der Waals surface area (Å²) in [4.78, 5) is 11.5. The van der Waals surface area contributed by atoms with Crippen LogP contribution >= 0.6 is 19.6 Å². The van der Waals surface area contributed by atoms with Gasteiger partial charge in [-0.3, -0.25) is 13.8 Å². The highest BCUT2D eigenvalue weighted by Crippen LogP contribution is 2.50. The lowest BCUT2D eigenvalue weighted by Crippen LogP contribution is -2.00. The number of hydrogen-bond acceptors (Lipinski definition) is 6. The Kier molecular flexibility index (Phi) is 6.20. The number of carbonyl (C=O) groups is 1. The zero-order valence-electron chi connectivity index (χ0n) is 9.40. The molecule has 0 spiro atoms. The van der Waals surface area contributed by atoms with Gasteiger partial charge in [0.05, 0.1) is 4.91 Å². The number of ketones is 1. The molecule has 0 amide bonds. The van der Waals surface area contributed by atoms with Gasteiger partial charge in [0.1, 0.15) is 5.76 Å². The van der Waals surface area contributed by atoms with Crippen molar-refractivity contribution >= 4 is 25.4 Å². The molecular formula is C8H15O5PS. The van der Waals surface area contributed by atoms with Crippen LogP contribution in [0.1, 0.15) is 13.8 Å². The standard InChI is InChI=1S/C8H15O5PS/c1-6(9)8(15-5)7(2)13-14(10,11-3)12-4/h1-5H3/b8-7+. The summed E-state index contributed by atoms with van der Waals surface area (Å²) in [6.45, 7) is 2.95. The Labute approximate surface area is 93.8 Å². The van der Waals surface area contributed by atoms with Crippen LogP contribution in [-0.2, 0) is 22.9 Å². The third-order valence-corrected chi connectivity index (χ3v) is 3.91. The Morgan fingerprint density at radius 3 is 1.93 bits per heavy atom. The Bertz CT molecular complexity index is 304. The first kappa shape index (κ1) is 14.7. The minimum absolute atomic E-state index is 0.154. The van der Waals surface area contributed by atoms with Gasteiger partial charge in [0.15, 0.2) is 5.78 Å². The minimum Gasteiger partial charge on any atom is -0.408 e. The van der Waals surface area contributed by atoms with Crippen LogP contribution in [0.3, 0.4) is 0 Å². The molecule has 0 saturated carbocycles. The summed E-state index contributed by atoms with van der Waals surface area (Å²) in [5.74, 6) is 0.0841. The van der Waals surface area contributed by atoms with E-state index in [1.54, 1.807) is 6.26 Å². The lowest BCUT2D eigenvalue weighted by Gasteiger charge is -2.15. The predicted octanol–water partition coefficient (Wildman–Crippen LogP) is 2.59. The van der Waals surface area contributed by atoms with Gasteiger partial charge in [-0.25, -0.2) is 4.57 Å². The molecule has 0 aliphatic rings. The summed E-state index contributed by atoms with van der Waals surface area (Å²) < 4.78 is 25.8. The summed E-state index contributed by atoms with van der Waals surface area (Å²) >= 11 is 1.22. The molecule has 0 heterocycles. The fourth-order valence-electron chi connectivity index (χ4n) is 0.894. The number of allylic oxidation sites excluding steroid dienone is 2. The molecule has 0 fully saturated rings. The van der Waals surface area contributed by atoms with Gasteiger partial charge in [-0.2, -0.15) is 0 Å². The van der Waals surface area contributed by atoms with Crippen molar-refractivity contribution in [2.24, 2.45) is 0 Å². The molecule has 0 saturated heterocycles. The van der Waals surface area contributed by atoms with Crippen molar-refractivity contribution < 1.29 is 22.9 Å². The molecule has 0 bridgehead atoms. The third-order valence-electron chi connectivity index (χ3n) is 1.54. The maximum atomic E-state index is 11.6. The van der Waals surface area contributed by atoms with Crippen molar-refractivity contribution in [1.82, 2.24) is 0 Å². The average Bonchev–Trinajstić information content (AvgIpc) is 2.18. The first-order chi connectivity index (χ1) is 6.90. The van der Waals surface area contributed by atoms with E-state index in [-0.39, 0.29) is 11.5 Å². The van der Waals surface area contributed by atoms with Crippen LogP contribution < -0.4 is 0 Å². The Balaban J connectivity index is 4.93. The molecule has 15 heavy (non-hydrogen) atoms. The number of phosphoric acid groups is 1. The van der Waals surface area contributed by atoms with Crippen molar-refractivity contribution in [1.29, 1.82) is 0 Å². The van der Waals surface area contributed by atoms with Gasteiger partial charge in [-0.05, 0) is 20.1 Å². The molecule has 5 nitrogen and oxygen atoms in total. The van der Waals surface area contributed by atoms with E-state index in [0.717, 1.165) is 0 Å². The van der Waals surface area contributed by atoms with E-state index in [1.807, 2.05) is 0 Å². The SMILES string of the molecule is COP(=O)(OC)O/C(C)=C(/SC)C(C)=O. The van der Waals surface area contributed by atoms with Crippen molar-refractivity contribution in [3.8, 4) is 0 Å². The zero-order chi connectivity index (χ0) is 12.1. The molecule has 0 aromatic heterocycles. The van der Waals surface area contributed by atoms with Crippen LogP contribution in [0, 0.1) is 0 Å². The molecule has 0 radical (unpaired) electrons. The lowest BCUT2D eigenvalue weighted by molar-refractivity contribution is -0.113. The van der Waals surface area contributed by atoms with Crippen LogP contribution in [0.5, 0.6) is 0 Å². The second-order valence-electron chi connectivity index (χ2n) is 2.55. The van der Waals surface area contributed by atoms with Gasteiger partial charge in [-0.15, -0.1) is 11.8 Å².